The van der Waals surface area contributed by atoms with Crippen molar-refractivity contribution >= 4 is 5.91 Å². The minimum Gasteiger partial charge on any atom is -0.491 e. The Hall–Kier alpha value is -2.69. The normalized spacial score (nSPS) is 12.5. The second-order valence-corrected chi connectivity index (χ2v) is 6.41. The zero-order valence-corrected chi connectivity index (χ0v) is 15.4. The summed E-state index contributed by atoms with van der Waals surface area (Å²) in [4.78, 5) is 14.0. The van der Waals surface area contributed by atoms with Gasteiger partial charge < -0.3 is 19.1 Å². The molecule has 0 bridgehead atoms. The van der Waals surface area contributed by atoms with Crippen molar-refractivity contribution in [2.75, 3.05) is 33.4 Å². The first kappa shape index (κ1) is 18.1. The van der Waals surface area contributed by atoms with Crippen LogP contribution >= 0.6 is 0 Å². The third-order valence-electron chi connectivity index (χ3n) is 4.44. The van der Waals surface area contributed by atoms with E-state index in [4.69, 9.17) is 14.2 Å². The maximum atomic E-state index is 12.3. The number of carbonyl (C=O) groups excluding carboxylic acids is 1. The van der Waals surface area contributed by atoms with Gasteiger partial charge in [-0.2, -0.15) is 0 Å². The second kappa shape index (κ2) is 8.61. The molecule has 1 amide bonds. The number of carbonyl (C=O) groups is 1. The Bertz CT molecular complexity index is 759. The van der Waals surface area contributed by atoms with Gasteiger partial charge in [-0.3, -0.25) is 4.79 Å². The molecule has 1 aliphatic heterocycles. The number of ether oxygens (including phenoxy) is 3. The molecule has 1 heterocycles. The molecule has 0 radical (unpaired) electrons. The van der Waals surface area contributed by atoms with Crippen molar-refractivity contribution in [2.24, 2.45) is 0 Å². The van der Waals surface area contributed by atoms with Gasteiger partial charge in [-0.1, -0.05) is 24.3 Å². The number of fused-ring (bicyclic) bond motifs is 1. The molecule has 2 aromatic rings. The van der Waals surface area contributed by atoms with Gasteiger partial charge in [0.25, 0.3) is 0 Å². The van der Waals surface area contributed by atoms with Crippen molar-refractivity contribution < 1.29 is 19.0 Å². The molecule has 5 nitrogen and oxygen atoms in total. The van der Waals surface area contributed by atoms with Crippen molar-refractivity contribution in [3.63, 3.8) is 0 Å². The van der Waals surface area contributed by atoms with Gasteiger partial charge in [0.2, 0.25) is 5.91 Å². The Kier molecular flexibility index (Phi) is 6.00. The molecule has 26 heavy (non-hydrogen) atoms. The first-order chi connectivity index (χ1) is 12.6. The van der Waals surface area contributed by atoms with Crippen LogP contribution in [0, 0.1) is 6.92 Å². The van der Waals surface area contributed by atoms with Crippen molar-refractivity contribution in [3.05, 3.63) is 53.6 Å². The Morgan fingerprint density at radius 1 is 1.12 bits per heavy atom. The molecule has 0 spiro atoms. The highest BCUT2D eigenvalue weighted by Gasteiger charge is 2.13. The second-order valence-electron chi connectivity index (χ2n) is 6.41. The number of likely N-dealkylation sites (N-methyl/N-ethyl adjacent to an activating group) is 1. The Morgan fingerprint density at radius 2 is 1.88 bits per heavy atom. The van der Waals surface area contributed by atoms with Gasteiger partial charge in [-0.15, -0.1) is 0 Å². The smallest absolute Gasteiger partial charge is 0.222 e. The fraction of sp³-hybridized carbons (Fsp3) is 0.381. The summed E-state index contributed by atoms with van der Waals surface area (Å²) in [7, 11) is 1.81. The van der Waals surface area contributed by atoms with Gasteiger partial charge in [0, 0.05) is 13.5 Å². The average Bonchev–Trinajstić information content (AvgIpc) is 2.67. The minimum atomic E-state index is 0.105. The maximum Gasteiger partial charge on any atom is 0.222 e. The molecule has 0 atom stereocenters. The van der Waals surface area contributed by atoms with E-state index < -0.39 is 0 Å². The fourth-order valence-corrected chi connectivity index (χ4v) is 2.82. The molecule has 138 valence electrons. The van der Waals surface area contributed by atoms with Crippen molar-refractivity contribution in [3.8, 4) is 17.2 Å². The van der Waals surface area contributed by atoms with Crippen molar-refractivity contribution in [1.82, 2.24) is 4.90 Å². The molecule has 0 unspecified atom stereocenters. The largest absolute Gasteiger partial charge is 0.491 e. The van der Waals surface area contributed by atoms with E-state index in [0.29, 0.717) is 39.2 Å². The number of nitrogens with zero attached hydrogens (tertiary/aromatic N) is 1. The number of aryl methyl sites for hydroxylation is 2. The summed E-state index contributed by atoms with van der Waals surface area (Å²) < 4.78 is 16.9. The number of amides is 1. The average molecular weight is 355 g/mol. The van der Waals surface area contributed by atoms with Gasteiger partial charge in [-0.25, -0.2) is 0 Å². The van der Waals surface area contributed by atoms with Crippen LogP contribution in [0.25, 0.3) is 0 Å². The summed E-state index contributed by atoms with van der Waals surface area (Å²) in [5.74, 6) is 2.51. The summed E-state index contributed by atoms with van der Waals surface area (Å²) >= 11 is 0. The van der Waals surface area contributed by atoms with E-state index in [1.807, 2.05) is 56.4 Å². The molecule has 5 heteroatoms. The van der Waals surface area contributed by atoms with Crippen LogP contribution in [0.15, 0.2) is 42.5 Å². The first-order valence-corrected chi connectivity index (χ1v) is 8.94. The first-order valence-electron chi connectivity index (χ1n) is 8.94. The molecule has 0 aliphatic carbocycles. The zero-order valence-electron chi connectivity index (χ0n) is 15.4. The number of para-hydroxylation sites is 1. The van der Waals surface area contributed by atoms with Crippen LogP contribution in [0.3, 0.4) is 0 Å². The number of hydrogen-bond acceptors (Lipinski definition) is 4. The third-order valence-corrected chi connectivity index (χ3v) is 4.44. The number of rotatable bonds is 7. The molecule has 2 aromatic carbocycles. The summed E-state index contributed by atoms with van der Waals surface area (Å²) in [5, 5.41) is 0. The molecule has 0 N–H and O–H groups in total. The Balaban J connectivity index is 1.43. The van der Waals surface area contributed by atoms with E-state index in [0.717, 1.165) is 28.4 Å². The van der Waals surface area contributed by atoms with Gasteiger partial charge >= 0.3 is 0 Å². The Labute approximate surface area is 154 Å². The highest BCUT2D eigenvalue weighted by Crippen LogP contribution is 2.31. The van der Waals surface area contributed by atoms with Crippen LogP contribution in [0.1, 0.15) is 17.5 Å². The number of benzene rings is 2. The van der Waals surface area contributed by atoms with Crippen LogP contribution in [0.5, 0.6) is 17.2 Å². The molecular weight excluding hydrogens is 330 g/mol. The monoisotopic (exact) mass is 355 g/mol. The number of hydrogen-bond donors (Lipinski definition) is 0. The molecule has 1 aliphatic rings. The lowest BCUT2D eigenvalue weighted by Gasteiger charge is -2.20. The van der Waals surface area contributed by atoms with E-state index >= 15 is 0 Å². The molecule has 3 rings (SSSR count). The maximum absolute atomic E-state index is 12.3. The van der Waals surface area contributed by atoms with E-state index in [1.54, 1.807) is 4.90 Å². The third kappa shape index (κ3) is 4.69. The van der Waals surface area contributed by atoms with Crippen LogP contribution < -0.4 is 14.2 Å². The van der Waals surface area contributed by atoms with Gasteiger partial charge in [0.1, 0.15) is 25.6 Å². The lowest BCUT2D eigenvalue weighted by molar-refractivity contribution is -0.130. The zero-order chi connectivity index (χ0) is 18.4. The highest BCUT2D eigenvalue weighted by molar-refractivity contribution is 5.76. The topological polar surface area (TPSA) is 48.0 Å². The summed E-state index contributed by atoms with van der Waals surface area (Å²) in [6, 6.07) is 13.7. The molecule has 0 fully saturated rings. The molecular formula is C21H25NO4. The van der Waals surface area contributed by atoms with Crippen LogP contribution in [0.2, 0.25) is 0 Å². The predicted octanol–water partition coefficient (Wildman–Crippen LogP) is 3.24. The van der Waals surface area contributed by atoms with Crippen LogP contribution in [-0.4, -0.2) is 44.2 Å². The van der Waals surface area contributed by atoms with E-state index in [9.17, 15) is 4.79 Å². The highest BCUT2D eigenvalue weighted by atomic mass is 16.6. The summed E-state index contributed by atoms with van der Waals surface area (Å²) in [5.41, 5.74) is 2.17. The molecule has 0 aromatic heterocycles. The Morgan fingerprint density at radius 3 is 2.69 bits per heavy atom. The lowest BCUT2D eigenvalue weighted by Crippen LogP contribution is -2.31. The SMILES string of the molecule is Cc1ccccc1OCCN(C)C(=O)CCc1ccc2c(c1)OCCO2. The van der Waals surface area contributed by atoms with Gasteiger partial charge in [0.05, 0.1) is 6.54 Å². The predicted molar refractivity (Wildman–Crippen MR) is 100 cm³/mol. The lowest BCUT2D eigenvalue weighted by atomic mass is 10.1. The quantitative estimate of drug-likeness (QED) is 0.765. The van der Waals surface area contributed by atoms with E-state index in [2.05, 4.69) is 0 Å². The standard InChI is InChI=1S/C21H25NO4/c1-16-5-3-4-6-18(16)24-12-11-22(2)21(23)10-8-17-7-9-19-20(15-17)26-14-13-25-19/h3-7,9,15H,8,10-14H2,1-2H3. The fourth-order valence-electron chi connectivity index (χ4n) is 2.82. The van der Waals surface area contributed by atoms with Crippen molar-refractivity contribution in [1.29, 1.82) is 0 Å². The van der Waals surface area contributed by atoms with Gasteiger partial charge in [-0.05, 0) is 42.7 Å². The molecule has 0 saturated carbocycles. The summed E-state index contributed by atoms with van der Waals surface area (Å²) in [6.07, 6.45) is 1.14. The van der Waals surface area contributed by atoms with Crippen LogP contribution in [-0.2, 0) is 11.2 Å². The minimum absolute atomic E-state index is 0.105. The van der Waals surface area contributed by atoms with E-state index in [-0.39, 0.29) is 5.91 Å². The van der Waals surface area contributed by atoms with E-state index in [1.165, 1.54) is 0 Å². The van der Waals surface area contributed by atoms with Crippen molar-refractivity contribution in [2.45, 2.75) is 19.8 Å². The van der Waals surface area contributed by atoms with Gasteiger partial charge in [0.15, 0.2) is 11.5 Å². The van der Waals surface area contributed by atoms with Crippen LogP contribution in [0.4, 0.5) is 0 Å². The molecule has 0 saturated heterocycles. The summed E-state index contributed by atoms with van der Waals surface area (Å²) in [6.45, 7) is 4.21.